The zero-order chi connectivity index (χ0) is 26.4. The predicted molar refractivity (Wildman–Crippen MR) is 121 cm³/mol. The van der Waals surface area contributed by atoms with Crippen LogP contribution in [0.2, 0.25) is 0 Å². The number of hydrogen-bond donors (Lipinski definition) is 8. The van der Waals surface area contributed by atoms with Gasteiger partial charge < -0.3 is 44.0 Å². The third-order valence-corrected chi connectivity index (χ3v) is 4.89. The van der Waals surface area contributed by atoms with Gasteiger partial charge in [0.25, 0.3) is 0 Å². The van der Waals surface area contributed by atoms with E-state index in [1.165, 1.54) is 0 Å². The van der Waals surface area contributed by atoms with Crippen LogP contribution in [0.25, 0.3) is 0 Å². The Hall–Kier alpha value is -3.26. The molecule has 0 radical (unpaired) electrons. The van der Waals surface area contributed by atoms with Crippen molar-refractivity contribution in [1.29, 1.82) is 0 Å². The van der Waals surface area contributed by atoms with Crippen LogP contribution in [-0.2, 0) is 28.8 Å². The van der Waals surface area contributed by atoms with Crippen molar-refractivity contribution >= 4 is 35.5 Å². The molecule has 34 heavy (non-hydrogen) atoms. The minimum Gasteiger partial charge on any atom is -0.480 e. The van der Waals surface area contributed by atoms with Crippen molar-refractivity contribution in [2.45, 2.75) is 76.5 Å². The van der Waals surface area contributed by atoms with Crippen molar-refractivity contribution in [3.05, 3.63) is 0 Å². The largest absolute Gasteiger partial charge is 0.480 e. The minimum atomic E-state index is -1.57. The second kappa shape index (κ2) is 15.6. The van der Waals surface area contributed by atoms with Crippen molar-refractivity contribution in [3.63, 3.8) is 0 Å². The van der Waals surface area contributed by atoms with E-state index in [0.717, 1.165) is 0 Å². The lowest BCUT2D eigenvalue weighted by Gasteiger charge is -2.27. The first-order chi connectivity index (χ1) is 15.8. The molecule has 0 saturated carbocycles. The van der Waals surface area contributed by atoms with Gasteiger partial charge in [-0.05, 0) is 38.1 Å². The highest BCUT2D eigenvalue weighted by atomic mass is 16.4. The molecule has 12 N–H and O–H groups in total. The maximum Gasteiger partial charge on any atom is 0.326 e. The Labute approximate surface area is 197 Å². The highest BCUT2D eigenvalue weighted by Crippen LogP contribution is 2.08. The first-order valence-corrected chi connectivity index (χ1v) is 11.0. The van der Waals surface area contributed by atoms with Crippen LogP contribution in [0.4, 0.5) is 0 Å². The van der Waals surface area contributed by atoms with Gasteiger partial charge >= 0.3 is 5.97 Å². The van der Waals surface area contributed by atoms with Crippen LogP contribution < -0.4 is 38.9 Å². The Morgan fingerprint density at radius 1 is 0.794 bits per heavy atom. The summed E-state index contributed by atoms with van der Waals surface area (Å²) in [6, 6.07) is -4.87. The molecule has 0 aliphatic carbocycles. The molecule has 0 heterocycles. The fourth-order valence-corrected chi connectivity index (χ4v) is 2.92. The van der Waals surface area contributed by atoms with Crippen LogP contribution in [0.15, 0.2) is 0 Å². The molecule has 0 aromatic rings. The third kappa shape index (κ3) is 12.1. The molecule has 0 aliphatic heterocycles. The Kier molecular flexibility index (Phi) is 14.1. The van der Waals surface area contributed by atoms with Gasteiger partial charge in [0.2, 0.25) is 29.5 Å². The molecule has 0 aromatic carbocycles. The van der Waals surface area contributed by atoms with Gasteiger partial charge in [-0.25, -0.2) is 4.79 Å². The SMILES string of the molecule is CC(C)C(NC(=O)C(N)CCC(N)=O)C(=O)NC(CCCCN)C(=O)NC(CC(N)=O)C(=O)O. The number of carboxylic acid groups (broad SMARTS) is 1. The second-order valence-electron chi connectivity index (χ2n) is 8.26. The lowest BCUT2D eigenvalue weighted by molar-refractivity contribution is -0.144. The molecule has 194 valence electrons. The van der Waals surface area contributed by atoms with E-state index in [4.69, 9.17) is 22.9 Å². The van der Waals surface area contributed by atoms with Gasteiger partial charge in [-0.1, -0.05) is 13.8 Å². The smallest absolute Gasteiger partial charge is 0.326 e. The first-order valence-electron chi connectivity index (χ1n) is 11.0. The molecular formula is C20H37N7O7. The summed E-state index contributed by atoms with van der Waals surface area (Å²) in [6.45, 7) is 3.67. The summed E-state index contributed by atoms with van der Waals surface area (Å²) in [5.74, 6) is -5.61. The predicted octanol–water partition coefficient (Wildman–Crippen LogP) is -3.22. The molecule has 4 unspecified atom stereocenters. The van der Waals surface area contributed by atoms with E-state index < -0.39 is 72.0 Å². The zero-order valence-corrected chi connectivity index (χ0v) is 19.5. The van der Waals surface area contributed by atoms with Crippen molar-refractivity contribution in [1.82, 2.24) is 16.0 Å². The monoisotopic (exact) mass is 487 g/mol. The number of unbranched alkanes of at least 4 members (excludes halogenated alkanes) is 1. The summed E-state index contributed by atoms with van der Waals surface area (Å²) in [4.78, 5) is 71.3. The van der Waals surface area contributed by atoms with E-state index >= 15 is 0 Å². The molecule has 0 spiro atoms. The van der Waals surface area contributed by atoms with Gasteiger partial charge in [0.1, 0.15) is 18.1 Å². The van der Waals surface area contributed by atoms with Crippen LogP contribution in [0.1, 0.15) is 52.4 Å². The highest BCUT2D eigenvalue weighted by Gasteiger charge is 2.32. The number of carbonyl (C=O) groups is 6. The molecule has 0 aliphatic rings. The first kappa shape index (κ1) is 30.7. The molecule has 0 saturated heterocycles. The number of aliphatic carboxylic acids is 1. The number of hydrogen-bond acceptors (Lipinski definition) is 8. The summed E-state index contributed by atoms with van der Waals surface area (Å²) < 4.78 is 0. The maximum atomic E-state index is 12.9. The summed E-state index contributed by atoms with van der Waals surface area (Å²) in [7, 11) is 0. The minimum absolute atomic E-state index is 0.00579. The second-order valence-corrected chi connectivity index (χ2v) is 8.26. The standard InChI is InChI=1S/C20H37N7O7/c1-10(2)16(27-17(30)11(22)6-7-14(23)28)19(32)25-12(5-3-4-8-21)18(31)26-13(20(33)34)9-15(24)29/h10-13,16H,3-9,21-22H2,1-2H3,(H2,23,28)(H2,24,29)(H,25,32)(H,26,31)(H,27,30)(H,33,34). The molecule has 14 heteroatoms. The van der Waals surface area contributed by atoms with E-state index in [2.05, 4.69) is 16.0 Å². The zero-order valence-electron chi connectivity index (χ0n) is 19.5. The average molecular weight is 488 g/mol. The van der Waals surface area contributed by atoms with Crippen molar-refractivity contribution < 1.29 is 33.9 Å². The number of amides is 5. The molecule has 0 aromatic heterocycles. The lowest BCUT2D eigenvalue weighted by atomic mass is 10.0. The van der Waals surface area contributed by atoms with Crippen LogP contribution in [0.3, 0.4) is 0 Å². The summed E-state index contributed by atoms with van der Waals surface area (Å²) in [5.41, 5.74) is 21.3. The maximum absolute atomic E-state index is 12.9. The topological polar surface area (TPSA) is 263 Å². The highest BCUT2D eigenvalue weighted by molar-refractivity contribution is 5.95. The number of carbonyl (C=O) groups excluding carboxylic acids is 5. The Morgan fingerprint density at radius 3 is 1.85 bits per heavy atom. The number of carboxylic acids is 1. The number of primary amides is 2. The Morgan fingerprint density at radius 2 is 1.38 bits per heavy atom. The molecule has 0 bridgehead atoms. The number of rotatable bonds is 17. The van der Waals surface area contributed by atoms with Crippen molar-refractivity contribution in [2.75, 3.05) is 6.54 Å². The van der Waals surface area contributed by atoms with Crippen LogP contribution in [0.5, 0.6) is 0 Å². The van der Waals surface area contributed by atoms with Gasteiger partial charge in [-0.15, -0.1) is 0 Å². The van der Waals surface area contributed by atoms with E-state index in [1.807, 2.05) is 0 Å². The molecule has 0 rings (SSSR count). The van der Waals surface area contributed by atoms with Gasteiger partial charge in [0.15, 0.2) is 0 Å². The molecular weight excluding hydrogens is 450 g/mol. The lowest BCUT2D eigenvalue weighted by Crippen LogP contribution is -2.58. The number of nitrogens with one attached hydrogen (secondary N) is 3. The molecule has 14 nitrogen and oxygen atoms in total. The Bertz CT molecular complexity index is 745. The van der Waals surface area contributed by atoms with Crippen molar-refractivity contribution in [2.24, 2.45) is 28.9 Å². The third-order valence-electron chi connectivity index (χ3n) is 4.89. The fourth-order valence-electron chi connectivity index (χ4n) is 2.92. The Balaban J connectivity index is 5.43. The number of nitrogens with two attached hydrogens (primary N) is 4. The fraction of sp³-hybridized carbons (Fsp3) is 0.700. The molecule has 4 atom stereocenters. The van der Waals surface area contributed by atoms with Gasteiger partial charge in [-0.2, -0.15) is 0 Å². The normalized spacial score (nSPS) is 14.4. The summed E-state index contributed by atoms with van der Waals surface area (Å²) in [5, 5.41) is 16.4. The molecule has 5 amide bonds. The summed E-state index contributed by atoms with van der Waals surface area (Å²) >= 11 is 0. The average Bonchev–Trinajstić information content (AvgIpc) is 2.73. The molecule has 0 fully saturated rings. The van der Waals surface area contributed by atoms with Gasteiger partial charge in [0.05, 0.1) is 12.5 Å². The quantitative estimate of drug-likeness (QED) is 0.0957. The van der Waals surface area contributed by atoms with E-state index in [1.54, 1.807) is 13.8 Å². The summed E-state index contributed by atoms with van der Waals surface area (Å²) in [6.07, 6.45) is 0.384. The van der Waals surface area contributed by atoms with Gasteiger partial charge in [-0.3, -0.25) is 24.0 Å². The van der Waals surface area contributed by atoms with E-state index in [9.17, 15) is 33.9 Å². The van der Waals surface area contributed by atoms with Gasteiger partial charge in [0, 0.05) is 6.42 Å². The van der Waals surface area contributed by atoms with Crippen molar-refractivity contribution in [3.8, 4) is 0 Å². The van der Waals surface area contributed by atoms with Crippen LogP contribution in [-0.4, -0.2) is 71.3 Å². The van der Waals surface area contributed by atoms with E-state index in [-0.39, 0.29) is 19.3 Å². The van der Waals surface area contributed by atoms with E-state index in [0.29, 0.717) is 19.4 Å². The van der Waals surface area contributed by atoms with Crippen LogP contribution in [0, 0.1) is 5.92 Å². The van der Waals surface area contributed by atoms with Crippen LogP contribution >= 0.6 is 0 Å².